The van der Waals surface area contributed by atoms with E-state index in [0.717, 1.165) is 22.7 Å². The fraction of sp³-hybridized carbons (Fsp3) is 0.182. The molecule has 0 unspecified atom stereocenters. The number of thioether (sulfide) groups is 1. The molecule has 2 rings (SSSR count). The quantitative estimate of drug-likeness (QED) is 0.632. The fourth-order valence-electron chi connectivity index (χ4n) is 1.28. The van der Waals surface area contributed by atoms with Gasteiger partial charge in [-0.25, -0.2) is 9.89 Å². The van der Waals surface area contributed by atoms with E-state index in [2.05, 4.69) is 15.2 Å². The number of nitrogens with two attached hydrogens (primary N) is 1. The molecule has 0 saturated heterocycles. The van der Waals surface area contributed by atoms with Crippen LogP contribution < -0.4 is 11.4 Å². The molecule has 88 valence electrons. The molecule has 5 nitrogen and oxygen atoms in total. The number of hydrogen-bond donors (Lipinski definition) is 2. The number of anilines is 1. The average molecular weight is 248 g/mol. The van der Waals surface area contributed by atoms with Crippen molar-refractivity contribution in [2.24, 2.45) is 0 Å². The summed E-state index contributed by atoms with van der Waals surface area (Å²) >= 11 is 1.49. The maximum Gasteiger partial charge on any atom is 0.362 e. The standard InChI is InChI=1S/C11H12N4OS/c1-7-10(13-11(16)15-14-7)17-6-8-2-4-9(12)5-3-8/h2-5H,6,12H2,1H3,(H,13,15,16). The second-order valence-electron chi connectivity index (χ2n) is 3.56. The van der Waals surface area contributed by atoms with Crippen molar-refractivity contribution >= 4 is 17.4 Å². The molecule has 1 heterocycles. The van der Waals surface area contributed by atoms with E-state index in [9.17, 15) is 4.79 Å². The summed E-state index contributed by atoms with van der Waals surface area (Å²) < 4.78 is 0. The Kier molecular flexibility index (Phi) is 3.43. The van der Waals surface area contributed by atoms with Gasteiger partial charge in [-0.3, -0.25) is 0 Å². The Balaban J connectivity index is 2.09. The van der Waals surface area contributed by atoms with E-state index in [1.54, 1.807) is 0 Å². The first kappa shape index (κ1) is 11.7. The number of hydrogen-bond acceptors (Lipinski definition) is 5. The first-order valence-corrected chi connectivity index (χ1v) is 6.04. The largest absolute Gasteiger partial charge is 0.399 e. The topological polar surface area (TPSA) is 84.7 Å². The van der Waals surface area contributed by atoms with E-state index in [4.69, 9.17) is 5.73 Å². The van der Waals surface area contributed by atoms with Gasteiger partial charge in [0.05, 0.1) is 5.69 Å². The van der Waals surface area contributed by atoms with Crippen molar-refractivity contribution in [2.75, 3.05) is 5.73 Å². The number of rotatable bonds is 3. The minimum Gasteiger partial charge on any atom is -0.399 e. The molecule has 0 atom stereocenters. The highest BCUT2D eigenvalue weighted by molar-refractivity contribution is 7.98. The van der Waals surface area contributed by atoms with Crippen LogP contribution in [-0.4, -0.2) is 15.2 Å². The number of aromatic amines is 1. The predicted molar refractivity (Wildman–Crippen MR) is 67.8 cm³/mol. The van der Waals surface area contributed by atoms with Gasteiger partial charge in [0.25, 0.3) is 0 Å². The number of nitrogen functional groups attached to an aromatic ring is 1. The zero-order valence-electron chi connectivity index (χ0n) is 9.30. The van der Waals surface area contributed by atoms with Crippen LogP contribution in [0.15, 0.2) is 34.1 Å². The molecule has 1 aromatic carbocycles. The molecule has 17 heavy (non-hydrogen) atoms. The van der Waals surface area contributed by atoms with E-state index in [-0.39, 0.29) is 0 Å². The lowest BCUT2D eigenvalue weighted by Gasteiger charge is -2.03. The van der Waals surface area contributed by atoms with Gasteiger partial charge in [-0.05, 0) is 24.6 Å². The second-order valence-corrected chi connectivity index (χ2v) is 4.53. The third kappa shape index (κ3) is 3.07. The molecule has 0 saturated carbocycles. The van der Waals surface area contributed by atoms with Gasteiger partial charge in [-0.2, -0.15) is 10.1 Å². The van der Waals surface area contributed by atoms with Crippen LogP contribution in [0.3, 0.4) is 0 Å². The Morgan fingerprint density at radius 1 is 1.35 bits per heavy atom. The van der Waals surface area contributed by atoms with Crippen LogP contribution in [0.25, 0.3) is 0 Å². The zero-order chi connectivity index (χ0) is 12.3. The molecule has 3 N–H and O–H groups in total. The van der Waals surface area contributed by atoms with Gasteiger partial charge in [0.2, 0.25) is 0 Å². The lowest BCUT2D eigenvalue weighted by atomic mass is 10.2. The maximum absolute atomic E-state index is 11.0. The lowest BCUT2D eigenvalue weighted by Crippen LogP contribution is -2.14. The number of aromatic nitrogens is 3. The molecule has 1 aromatic heterocycles. The second kappa shape index (κ2) is 5.01. The molecule has 0 aliphatic heterocycles. The van der Waals surface area contributed by atoms with Crippen LogP contribution in [0.1, 0.15) is 11.3 Å². The van der Waals surface area contributed by atoms with Crippen molar-refractivity contribution in [1.82, 2.24) is 15.2 Å². The number of aryl methyl sites for hydroxylation is 1. The normalized spacial score (nSPS) is 10.4. The fourth-order valence-corrected chi connectivity index (χ4v) is 2.18. The van der Waals surface area contributed by atoms with Crippen molar-refractivity contribution in [2.45, 2.75) is 17.7 Å². The van der Waals surface area contributed by atoms with Crippen LogP contribution in [0.2, 0.25) is 0 Å². The summed E-state index contributed by atoms with van der Waals surface area (Å²) in [6.45, 7) is 1.81. The lowest BCUT2D eigenvalue weighted by molar-refractivity contribution is 0.814. The molecule has 6 heteroatoms. The Bertz CT molecular complexity index is 564. The minimum atomic E-state index is -0.421. The van der Waals surface area contributed by atoms with Gasteiger partial charge in [-0.1, -0.05) is 23.9 Å². The van der Waals surface area contributed by atoms with Gasteiger partial charge in [0.1, 0.15) is 5.03 Å². The molecule has 0 fully saturated rings. The number of H-pyrrole nitrogens is 1. The maximum atomic E-state index is 11.0. The van der Waals surface area contributed by atoms with Gasteiger partial charge >= 0.3 is 5.69 Å². The summed E-state index contributed by atoms with van der Waals surface area (Å²) in [6, 6.07) is 7.62. The predicted octanol–water partition coefficient (Wildman–Crippen LogP) is 1.35. The molecule has 0 aliphatic carbocycles. The van der Waals surface area contributed by atoms with E-state index in [1.807, 2.05) is 31.2 Å². The Hall–Kier alpha value is -1.82. The van der Waals surface area contributed by atoms with E-state index in [1.165, 1.54) is 11.8 Å². The third-order valence-corrected chi connectivity index (χ3v) is 3.32. The van der Waals surface area contributed by atoms with Gasteiger partial charge in [-0.15, -0.1) is 0 Å². The minimum absolute atomic E-state index is 0.421. The molecule has 0 bridgehead atoms. The third-order valence-electron chi connectivity index (χ3n) is 2.19. The smallest absolute Gasteiger partial charge is 0.362 e. The van der Waals surface area contributed by atoms with Crippen molar-refractivity contribution in [3.05, 3.63) is 46.0 Å². The first-order valence-electron chi connectivity index (χ1n) is 5.05. The van der Waals surface area contributed by atoms with Crippen LogP contribution in [0.5, 0.6) is 0 Å². The average Bonchev–Trinajstić information content (AvgIpc) is 2.32. The number of benzene rings is 1. The monoisotopic (exact) mass is 248 g/mol. The summed E-state index contributed by atoms with van der Waals surface area (Å²) in [7, 11) is 0. The SMILES string of the molecule is Cc1n[nH]c(=O)nc1SCc1ccc(N)cc1. The Labute approximate surface area is 102 Å². The summed E-state index contributed by atoms with van der Waals surface area (Å²) in [5.41, 5.74) is 7.78. The zero-order valence-corrected chi connectivity index (χ0v) is 10.1. The molecule has 2 aromatic rings. The highest BCUT2D eigenvalue weighted by atomic mass is 32.2. The Morgan fingerprint density at radius 2 is 2.06 bits per heavy atom. The van der Waals surface area contributed by atoms with Crippen LogP contribution in [0, 0.1) is 6.92 Å². The van der Waals surface area contributed by atoms with Gasteiger partial charge < -0.3 is 5.73 Å². The van der Waals surface area contributed by atoms with Crippen LogP contribution in [-0.2, 0) is 5.75 Å². The summed E-state index contributed by atoms with van der Waals surface area (Å²) in [6.07, 6.45) is 0. The molecule has 0 radical (unpaired) electrons. The van der Waals surface area contributed by atoms with Crippen LogP contribution in [0.4, 0.5) is 5.69 Å². The summed E-state index contributed by atoms with van der Waals surface area (Å²) in [5.74, 6) is 0.735. The number of nitrogens with one attached hydrogen (secondary N) is 1. The molecule has 0 amide bonds. The van der Waals surface area contributed by atoms with E-state index < -0.39 is 5.69 Å². The van der Waals surface area contributed by atoms with Crippen molar-refractivity contribution in [3.63, 3.8) is 0 Å². The summed E-state index contributed by atoms with van der Waals surface area (Å²) in [5, 5.41) is 6.82. The molecular formula is C11H12N4OS. The molecule has 0 spiro atoms. The van der Waals surface area contributed by atoms with Crippen molar-refractivity contribution in [1.29, 1.82) is 0 Å². The number of nitrogens with zero attached hydrogens (tertiary/aromatic N) is 2. The Morgan fingerprint density at radius 3 is 2.76 bits per heavy atom. The molecule has 0 aliphatic rings. The highest BCUT2D eigenvalue weighted by Gasteiger charge is 2.04. The summed E-state index contributed by atoms with van der Waals surface area (Å²) in [4.78, 5) is 14.9. The van der Waals surface area contributed by atoms with E-state index in [0.29, 0.717) is 5.03 Å². The van der Waals surface area contributed by atoms with Crippen LogP contribution >= 0.6 is 11.8 Å². The van der Waals surface area contributed by atoms with Gasteiger partial charge in [0, 0.05) is 11.4 Å². The van der Waals surface area contributed by atoms with Crippen molar-refractivity contribution in [3.8, 4) is 0 Å². The van der Waals surface area contributed by atoms with Crippen molar-refractivity contribution < 1.29 is 0 Å². The van der Waals surface area contributed by atoms with E-state index >= 15 is 0 Å². The highest BCUT2D eigenvalue weighted by Crippen LogP contribution is 2.21. The molecular weight excluding hydrogens is 236 g/mol. The van der Waals surface area contributed by atoms with Gasteiger partial charge in [0.15, 0.2) is 0 Å². The first-order chi connectivity index (χ1) is 8.15.